The van der Waals surface area contributed by atoms with Gasteiger partial charge in [0.2, 0.25) is 0 Å². The molecule has 0 amide bonds. The van der Waals surface area contributed by atoms with Gasteiger partial charge in [0, 0.05) is 24.5 Å². The quantitative estimate of drug-likeness (QED) is 0.268. The highest BCUT2D eigenvalue weighted by molar-refractivity contribution is 5.89. The first-order chi connectivity index (χ1) is 9.49. The van der Waals surface area contributed by atoms with Crippen LogP contribution in [-0.4, -0.2) is 42.6 Å². The average molecular weight is 283 g/mol. The van der Waals surface area contributed by atoms with Crippen molar-refractivity contribution >= 4 is 17.3 Å². The van der Waals surface area contributed by atoms with E-state index >= 15 is 0 Å². The zero-order valence-corrected chi connectivity index (χ0v) is 10.8. The van der Waals surface area contributed by atoms with Crippen LogP contribution in [-0.2, 0) is 4.74 Å². The minimum atomic E-state index is -1.50. The van der Waals surface area contributed by atoms with Gasteiger partial charge in [0.05, 0.1) is 13.2 Å². The molecule has 0 bridgehead atoms. The highest BCUT2D eigenvalue weighted by Crippen LogP contribution is 2.18. The third kappa shape index (κ3) is 5.87. The number of nitrogens with zero attached hydrogens (tertiary/aromatic N) is 2. The fraction of sp³-hybridized carbons (Fsp3) is 0.364. The highest BCUT2D eigenvalue weighted by Gasteiger charge is 2.10. The zero-order chi connectivity index (χ0) is 15.0. The van der Waals surface area contributed by atoms with E-state index in [1.165, 1.54) is 5.69 Å². The summed E-state index contributed by atoms with van der Waals surface area (Å²) < 4.78 is 5.30. The number of ether oxygens (including phenoxy) is 1. The largest absolute Gasteiger partial charge is 0.378 e. The Morgan fingerprint density at radius 1 is 1.40 bits per heavy atom. The first-order valence-corrected chi connectivity index (χ1v) is 5.86. The van der Waals surface area contributed by atoms with Crippen LogP contribution >= 0.6 is 0 Å². The summed E-state index contributed by atoms with van der Waals surface area (Å²) in [6, 6.07) is 7.89. The Hall–Kier alpha value is -2.55. The maximum Gasteiger partial charge on any atom is 0.291 e. The number of rotatable bonds is 2. The van der Waals surface area contributed by atoms with E-state index in [0.717, 1.165) is 32.0 Å². The summed E-state index contributed by atoms with van der Waals surface area (Å²) in [5.74, 6) is -0.0425. The van der Waals surface area contributed by atoms with Crippen LogP contribution in [0.15, 0.2) is 24.3 Å². The Labute approximate surface area is 115 Å². The topological polar surface area (TPSA) is 138 Å². The number of guanidine groups is 1. The van der Waals surface area contributed by atoms with E-state index in [1.807, 2.05) is 24.3 Å². The van der Waals surface area contributed by atoms with Crippen LogP contribution in [0.1, 0.15) is 0 Å². The predicted molar refractivity (Wildman–Crippen MR) is 73.8 cm³/mol. The van der Waals surface area contributed by atoms with E-state index < -0.39 is 5.09 Å². The molecule has 9 nitrogen and oxygen atoms in total. The molecule has 20 heavy (non-hydrogen) atoms. The molecule has 0 aromatic heterocycles. The van der Waals surface area contributed by atoms with Gasteiger partial charge >= 0.3 is 0 Å². The lowest BCUT2D eigenvalue weighted by molar-refractivity contribution is -0.742. The smallest absolute Gasteiger partial charge is 0.291 e. The molecule has 2 rings (SSSR count). The van der Waals surface area contributed by atoms with Gasteiger partial charge < -0.3 is 25.9 Å². The van der Waals surface area contributed by atoms with Crippen LogP contribution in [0.4, 0.5) is 11.4 Å². The molecule has 0 atom stereocenters. The Morgan fingerprint density at radius 2 is 1.90 bits per heavy atom. The van der Waals surface area contributed by atoms with Crippen LogP contribution in [0, 0.1) is 15.5 Å². The van der Waals surface area contributed by atoms with E-state index in [1.54, 1.807) is 0 Å². The number of nitrogens with one attached hydrogen (secondary N) is 2. The molecule has 0 spiro atoms. The SMILES string of the molecule is N=C(N)Nc1ccc(N2CCOCC2)cc1.O=[N+]([O-])O. The molecule has 0 saturated carbocycles. The predicted octanol–water partition coefficient (Wildman–Crippen LogP) is 0.481. The van der Waals surface area contributed by atoms with E-state index in [2.05, 4.69) is 10.2 Å². The molecule has 1 fully saturated rings. The molecule has 1 saturated heterocycles. The summed E-state index contributed by atoms with van der Waals surface area (Å²) in [6.45, 7) is 3.43. The van der Waals surface area contributed by atoms with Crippen molar-refractivity contribution in [2.24, 2.45) is 5.73 Å². The highest BCUT2D eigenvalue weighted by atomic mass is 16.9. The molecule has 0 unspecified atom stereocenters. The number of nitrogens with two attached hydrogens (primary N) is 1. The van der Waals surface area contributed by atoms with Crippen molar-refractivity contribution in [3.63, 3.8) is 0 Å². The van der Waals surface area contributed by atoms with Gasteiger partial charge in [-0.15, -0.1) is 10.1 Å². The molecule has 0 aliphatic carbocycles. The van der Waals surface area contributed by atoms with Crippen LogP contribution in [0.25, 0.3) is 0 Å². The summed E-state index contributed by atoms with van der Waals surface area (Å²) in [4.78, 5) is 10.6. The minimum Gasteiger partial charge on any atom is -0.378 e. The Kier molecular flexibility index (Phi) is 6.04. The Balaban J connectivity index is 0.000000444. The number of hydrogen-bond acceptors (Lipinski definition) is 5. The van der Waals surface area contributed by atoms with Gasteiger partial charge in [0.25, 0.3) is 5.09 Å². The first-order valence-electron chi connectivity index (χ1n) is 5.86. The van der Waals surface area contributed by atoms with Crippen molar-refractivity contribution in [3.05, 3.63) is 34.4 Å². The van der Waals surface area contributed by atoms with Gasteiger partial charge in [0.15, 0.2) is 5.96 Å². The number of hydrogen-bond donors (Lipinski definition) is 4. The first kappa shape index (κ1) is 15.5. The Morgan fingerprint density at radius 3 is 2.35 bits per heavy atom. The van der Waals surface area contributed by atoms with Gasteiger partial charge in [-0.3, -0.25) is 5.41 Å². The molecule has 1 aromatic rings. The van der Waals surface area contributed by atoms with Gasteiger partial charge in [0.1, 0.15) is 0 Å². The second-order valence-corrected chi connectivity index (χ2v) is 3.92. The summed E-state index contributed by atoms with van der Waals surface area (Å²) in [7, 11) is 0. The standard InChI is InChI=1S/C11H16N4O.HNO3/c12-11(13)14-9-1-3-10(4-2-9)15-5-7-16-8-6-15;2-1(3)4/h1-4H,5-8H2,(H4,12,13,14);(H,2,3,4). The summed E-state index contributed by atoms with van der Waals surface area (Å²) in [6.07, 6.45) is 0. The van der Waals surface area contributed by atoms with Crippen molar-refractivity contribution in [1.82, 2.24) is 0 Å². The van der Waals surface area contributed by atoms with Gasteiger partial charge in [-0.05, 0) is 24.3 Å². The molecule has 1 aromatic carbocycles. The number of anilines is 2. The molecule has 110 valence electrons. The van der Waals surface area contributed by atoms with E-state index in [9.17, 15) is 0 Å². The second kappa shape index (κ2) is 7.79. The second-order valence-electron chi connectivity index (χ2n) is 3.92. The van der Waals surface area contributed by atoms with Crippen LogP contribution in [0.2, 0.25) is 0 Å². The third-order valence-electron chi connectivity index (χ3n) is 2.52. The number of morpholine rings is 1. The van der Waals surface area contributed by atoms with Crippen molar-refractivity contribution in [1.29, 1.82) is 5.41 Å². The monoisotopic (exact) mass is 283 g/mol. The fourth-order valence-corrected chi connectivity index (χ4v) is 1.73. The molecular weight excluding hydrogens is 266 g/mol. The van der Waals surface area contributed by atoms with Crippen LogP contribution in [0.3, 0.4) is 0 Å². The zero-order valence-electron chi connectivity index (χ0n) is 10.8. The maximum absolute atomic E-state index is 8.36. The lowest BCUT2D eigenvalue weighted by atomic mass is 10.2. The third-order valence-corrected chi connectivity index (χ3v) is 2.52. The fourth-order valence-electron chi connectivity index (χ4n) is 1.73. The maximum atomic E-state index is 8.36. The lowest BCUT2D eigenvalue weighted by Gasteiger charge is -2.28. The van der Waals surface area contributed by atoms with Gasteiger partial charge in [-0.25, -0.2) is 0 Å². The van der Waals surface area contributed by atoms with Crippen molar-refractivity contribution in [3.8, 4) is 0 Å². The molecule has 0 radical (unpaired) electrons. The normalized spacial score (nSPS) is 13.9. The average Bonchev–Trinajstić information content (AvgIpc) is 2.39. The molecule has 9 heteroatoms. The van der Waals surface area contributed by atoms with E-state index in [4.69, 9.17) is 31.2 Å². The van der Waals surface area contributed by atoms with Gasteiger partial charge in [-0.1, -0.05) is 0 Å². The summed E-state index contributed by atoms with van der Waals surface area (Å²) >= 11 is 0. The number of benzene rings is 1. The van der Waals surface area contributed by atoms with Gasteiger partial charge in [-0.2, -0.15) is 0 Å². The van der Waals surface area contributed by atoms with Crippen molar-refractivity contribution in [2.75, 3.05) is 36.5 Å². The molecular formula is C11H17N5O4. The molecule has 1 aliphatic heterocycles. The molecule has 1 heterocycles. The van der Waals surface area contributed by atoms with E-state index in [-0.39, 0.29) is 5.96 Å². The lowest BCUT2D eigenvalue weighted by Crippen LogP contribution is -2.36. The Bertz CT molecular complexity index is 441. The summed E-state index contributed by atoms with van der Waals surface area (Å²) in [5.41, 5.74) is 7.27. The molecule has 1 aliphatic rings. The van der Waals surface area contributed by atoms with Crippen LogP contribution < -0.4 is 16.0 Å². The summed E-state index contributed by atoms with van der Waals surface area (Å²) in [5, 5.41) is 23.5. The van der Waals surface area contributed by atoms with E-state index in [0.29, 0.717) is 0 Å². The van der Waals surface area contributed by atoms with Crippen LogP contribution in [0.5, 0.6) is 0 Å². The molecule has 5 N–H and O–H groups in total. The van der Waals surface area contributed by atoms with Crippen molar-refractivity contribution in [2.45, 2.75) is 0 Å². The minimum absolute atomic E-state index is 0.0425. The van der Waals surface area contributed by atoms with Crippen molar-refractivity contribution < 1.29 is 15.0 Å².